The van der Waals surface area contributed by atoms with Crippen LogP contribution in [0.25, 0.3) is 0 Å². The summed E-state index contributed by atoms with van der Waals surface area (Å²) in [6.45, 7) is 6.42. The van der Waals surface area contributed by atoms with Crippen molar-refractivity contribution in [2.75, 3.05) is 13.1 Å². The van der Waals surface area contributed by atoms with Crippen LogP contribution < -0.4 is 5.32 Å². The van der Waals surface area contributed by atoms with E-state index in [0.717, 1.165) is 19.5 Å². The molecule has 1 unspecified atom stereocenters. The van der Waals surface area contributed by atoms with E-state index in [2.05, 4.69) is 60.9 Å². The van der Waals surface area contributed by atoms with Gasteiger partial charge in [0.1, 0.15) is 0 Å². The summed E-state index contributed by atoms with van der Waals surface area (Å²) in [5.41, 5.74) is 2.89. The Bertz CT molecular complexity index is 461. The Kier molecular flexibility index (Phi) is 4.97. The van der Waals surface area contributed by atoms with Gasteiger partial charge in [-0.15, -0.1) is 11.3 Å². The molecule has 0 fully saturated rings. The molecule has 0 saturated carbocycles. The van der Waals surface area contributed by atoms with Crippen LogP contribution >= 0.6 is 11.3 Å². The summed E-state index contributed by atoms with van der Waals surface area (Å²) < 4.78 is 0. The molecule has 1 atom stereocenters. The van der Waals surface area contributed by atoms with Gasteiger partial charge in [-0.25, -0.2) is 0 Å². The third-order valence-electron chi connectivity index (χ3n) is 3.18. The van der Waals surface area contributed by atoms with Gasteiger partial charge >= 0.3 is 0 Å². The molecule has 0 aliphatic carbocycles. The van der Waals surface area contributed by atoms with Crippen LogP contribution in [0, 0.1) is 6.92 Å². The fraction of sp³-hybridized carbons (Fsp3) is 0.375. The summed E-state index contributed by atoms with van der Waals surface area (Å²) in [4.78, 5) is 1.40. The summed E-state index contributed by atoms with van der Waals surface area (Å²) in [6, 6.07) is 13.1. The average molecular weight is 259 g/mol. The molecular weight excluding hydrogens is 238 g/mol. The zero-order chi connectivity index (χ0) is 12.8. The van der Waals surface area contributed by atoms with Crippen molar-refractivity contribution in [2.45, 2.75) is 26.2 Å². The zero-order valence-corrected chi connectivity index (χ0v) is 12.0. The minimum absolute atomic E-state index is 0.570. The van der Waals surface area contributed by atoms with E-state index in [1.165, 1.54) is 16.0 Å². The maximum atomic E-state index is 3.48. The maximum absolute atomic E-state index is 3.48. The lowest BCUT2D eigenvalue weighted by Gasteiger charge is -2.17. The van der Waals surface area contributed by atoms with Gasteiger partial charge in [-0.2, -0.15) is 0 Å². The first kappa shape index (κ1) is 13.3. The first-order chi connectivity index (χ1) is 8.79. The summed E-state index contributed by atoms with van der Waals surface area (Å²) >= 11 is 1.85. The Hall–Kier alpha value is -1.12. The van der Waals surface area contributed by atoms with Crippen molar-refractivity contribution >= 4 is 11.3 Å². The van der Waals surface area contributed by atoms with Crippen LogP contribution in [0.15, 0.2) is 41.8 Å². The van der Waals surface area contributed by atoms with E-state index in [9.17, 15) is 0 Å². The smallest absolute Gasteiger partial charge is 0.00232 e. The van der Waals surface area contributed by atoms with E-state index >= 15 is 0 Å². The number of benzene rings is 1. The average Bonchev–Trinajstić information content (AvgIpc) is 2.81. The molecule has 0 saturated heterocycles. The third kappa shape index (κ3) is 3.69. The highest BCUT2D eigenvalue weighted by molar-refractivity contribution is 7.10. The lowest BCUT2D eigenvalue weighted by atomic mass is 9.93. The molecule has 0 amide bonds. The van der Waals surface area contributed by atoms with Gasteiger partial charge in [-0.3, -0.25) is 0 Å². The van der Waals surface area contributed by atoms with Gasteiger partial charge < -0.3 is 5.32 Å². The number of thiophene rings is 1. The SMILES string of the molecule is CCNCC(Cc1csc(C)c1)c1ccccc1. The first-order valence-corrected chi connectivity index (χ1v) is 7.47. The van der Waals surface area contributed by atoms with Crippen LogP contribution in [-0.4, -0.2) is 13.1 Å². The van der Waals surface area contributed by atoms with Crippen molar-refractivity contribution in [3.8, 4) is 0 Å². The molecule has 1 aromatic heterocycles. The fourth-order valence-electron chi connectivity index (χ4n) is 2.24. The standard InChI is InChI=1S/C16H21NS/c1-3-17-11-16(15-7-5-4-6-8-15)10-14-9-13(2)18-12-14/h4-9,12,16-17H,3,10-11H2,1-2H3. The van der Waals surface area contributed by atoms with Crippen LogP contribution in [-0.2, 0) is 6.42 Å². The molecule has 1 aromatic carbocycles. The van der Waals surface area contributed by atoms with E-state index in [1.54, 1.807) is 0 Å². The number of hydrogen-bond donors (Lipinski definition) is 1. The quantitative estimate of drug-likeness (QED) is 0.827. The monoisotopic (exact) mass is 259 g/mol. The zero-order valence-electron chi connectivity index (χ0n) is 11.1. The molecule has 1 nitrogen and oxygen atoms in total. The molecule has 1 N–H and O–H groups in total. The number of aryl methyl sites for hydroxylation is 1. The van der Waals surface area contributed by atoms with E-state index in [0.29, 0.717) is 5.92 Å². The number of likely N-dealkylation sites (N-methyl/N-ethyl adjacent to an activating group) is 1. The van der Waals surface area contributed by atoms with Crippen LogP contribution in [0.4, 0.5) is 0 Å². The van der Waals surface area contributed by atoms with Gasteiger partial charge in [0.05, 0.1) is 0 Å². The number of hydrogen-bond acceptors (Lipinski definition) is 2. The number of rotatable bonds is 6. The first-order valence-electron chi connectivity index (χ1n) is 6.59. The van der Waals surface area contributed by atoms with Crippen LogP contribution in [0.3, 0.4) is 0 Å². The molecule has 2 aromatic rings. The normalized spacial score (nSPS) is 12.6. The molecule has 0 aliphatic rings. The Morgan fingerprint density at radius 2 is 2.00 bits per heavy atom. The molecule has 0 spiro atoms. The summed E-state index contributed by atoms with van der Waals surface area (Å²) in [6.07, 6.45) is 1.13. The fourth-order valence-corrected chi connectivity index (χ4v) is 2.96. The second-order valence-electron chi connectivity index (χ2n) is 4.69. The lowest BCUT2D eigenvalue weighted by molar-refractivity contribution is 0.595. The topological polar surface area (TPSA) is 12.0 Å². The van der Waals surface area contributed by atoms with E-state index in [4.69, 9.17) is 0 Å². The minimum Gasteiger partial charge on any atom is -0.316 e. The van der Waals surface area contributed by atoms with Crippen molar-refractivity contribution in [1.29, 1.82) is 0 Å². The van der Waals surface area contributed by atoms with Crippen LogP contribution in [0.1, 0.15) is 28.8 Å². The van der Waals surface area contributed by atoms with Crippen molar-refractivity contribution in [3.05, 3.63) is 57.8 Å². The van der Waals surface area contributed by atoms with Crippen molar-refractivity contribution in [1.82, 2.24) is 5.32 Å². The molecule has 0 aliphatic heterocycles. The van der Waals surface area contributed by atoms with Gasteiger partial charge in [-0.05, 0) is 42.5 Å². The Morgan fingerprint density at radius 3 is 2.61 bits per heavy atom. The molecule has 2 heteroatoms. The second kappa shape index (κ2) is 6.72. The highest BCUT2D eigenvalue weighted by atomic mass is 32.1. The molecule has 18 heavy (non-hydrogen) atoms. The highest BCUT2D eigenvalue weighted by Gasteiger charge is 2.12. The predicted molar refractivity (Wildman–Crippen MR) is 80.5 cm³/mol. The summed E-state index contributed by atoms with van der Waals surface area (Å²) in [5.74, 6) is 0.570. The molecule has 0 bridgehead atoms. The largest absolute Gasteiger partial charge is 0.316 e. The summed E-state index contributed by atoms with van der Waals surface area (Å²) in [7, 11) is 0. The van der Waals surface area contributed by atoms with E-state index < -0.39 is 0 Å². The second-order valence-corrected chi connectivity index (χ2v) is 5.80. The van der Waals surface area contributed by atoms with Gasteiger partial charge in [0.25, 0.3) is 0 Å². The highest BCUT2D eigenvalue weighted by Crippen LogP contribution is 2.23. The maximum Gasteiger partial charge on any atom is 0.00232 e. The molecule has 96 valence electrons. The predicted octanol–water partition coefficient (Wildman–Crippen LogP) is 3.99. The Labute approximate surface area is 114 Å². The van der Waals surface area contributed by atoms with Crippen LogP contribution in [0.2, 0.25) is 0 Å². The van der Waals surface area contributed by atoms with Gasteiger partial charge in [-0.1, -0.05) is 37.3 Å². The van der Waals surface area contributed by atoms with Crippen molar-refractivity contribution < 1.29 is 0 Å². The molecule has 0 radical (unpaired) electrons. The van der Waals surface area contributed by atoms with Crippen molar-refractivity contribution in [3.63, 3.8) is 0 Å². The van der Waals surface area contributed by atoms with E-state index in [-0.39, 0.29) is 0 Å². The lowest BCUT2D eigenvalue weighted by Crippen LogP contribution is -2.22. The Balaban J connectivity index is 2.10. The molecular formula is C16H21NS. The third-order valence-corrected chi connectivity index (χ3v) is 4.09. The van der Waals surface area contributed by atoms with E-state index in [1.807, 2.05) is 11.3 Å². The van der Waals surface area contributed by atoms with Gasteiger partial charge in [0.2, 0.25) is 0 Å². The van der Waals surface area contributed by atoms with Crippen molar-refractivity contribution in [2.24, 2.45) is 0 Å². The summed E-state index contributed by atoms with van der Waals surface area (Å²) in [5, 5.41) is 5.77. The molecule has 2 rings (SSSR count). The van der Waals surface area contributed by atoms with Crippen LogP contribution in [0.5, 0.6) is 0 Å². The minimum atomic E-state index is 0.570. The number of nitrogens with one attached hydrogen (secondary N) is 1. The molecule has 1 heterocycles. The van der Waals surface area contributed by atoms with Gasteiger partial charge in [0, 0.05) is 17.3 Å². The Morgan fingerprint density at radius 1 is 1.22 bits per heavy atom. The van der Waals surface area contributed by atoms with Gasteiger partial charge in [0.15, 0.2) is 0 Å².